The first-order chi connectivity index (χ1) is 10.8. The summed E-state index contributed by atoms with van der Waals surface area (Å²) in [6, 6.07) is 5.72. The highest BCUT2D eigenvalue weighted by Crippen LogP contribution is 2.23. The lowest BCUT2D eigenvalue weighted by Gasteiger charge is -2.07. The molecule has 3 aromatic rings. The largest absolute Gasteiger partial charge is 0.495 e. The maximum absolute atomic E-state index is 5.22. The van der Waals surface area contributed by atoms with Crippen molar-refractivity contribution in [2.45, 2.75) is 0 Å². The Morgan fingerprint density at radius 1 is 1.18 bits per heavy atom. The monoisotopic (exact) mass is 299 g/mol. The molecule has 0 saturated carbocycles. The predicted molar refractivity (Wildman–Crippen MR) is 83.1 cm³/mol. The van der Waals surface area contributed by atoms with Crippen LogP contribution in [0.3, 0.4) is 0 Å². The molecular formula is C15H17N5O2. The highest BCUT2D eigenvalue weighted by atomic mass is 16.5. The van der Waals surface area contributed by atoms with Crippen LogP contribution >= 0.6 is 0 Å². The molecule has 1 N–H and O–H groups in total. The van der Waals surface area contributed by atoms with Gasteiger partial charge in [0, 0.05) is 25.4 Å². The average molecular weight is 299 g/mol. The van der Waals surface area contributed by atoms with Gasteiger partial charge in [0.1, 0.15) is 11.6 Å². The minimum Gasteiger partial charge on any atom is -0.495 e. The van der Waals surface area contributed by atoms with E-state index in [1.165, 1.54) is 0 Å². The molecule has 0 saturated heterocycles. The summed E-state index contributed by atoms with van der Waals surface area (Å²) in [4.78, 5) is 8.54. The van der Waals surface area contributed by atoms with Gasteiger partial charge in [-0.1, -0.05) is 0 Å². The van der Waals surface area contributed by atoms with Crippen molar-refractivity contribution >= 4 is 11.5 Å². The lowest BCUT2D eigenvalue weighted by atomic mass is 10.2. The quantitative estimate of drug-likeness (QED) is 0.700. The van der Waals surface area contributed by atoms with E-state index in [0.29, 0.717) is 18.9 Å². The molecule has 7 heteroatoms. The standard InChI is InChI=1S/C15H17N5O2/c1-21-6-5-17-14-3-4-15-18-10-13(20(15)19-14)11-7-12(22-2)9-16-8-11/h3-4,7-10H,5-6H2,1-2H3,(H,17,19). The van der Waals surface area contributed by atoms with Gasteiger partial charge in [-0.15, -0.1) is 5.10 Å². The Kier molecular flexibility index (Phi) is 4.15. The van der Waals surface area contributed by atoms with Gasteiger partial charge in [-0.05, 0) is 18.2 Å². The summed E-state index contributed by atoms with van der Waals surface area (Å²) in [6.45, 7) is 1.32. The van der Waals surface area contributed by atoms with Crippen molar-refractivity contribution in [3.63, 3.8) is 0 Å². The number of fused-ring (bicyclic) bond motifs is 1. The molecule has 114 valence electrons. The van der Waals surface area contributed by atoms with E-state index in [1.54, 1.807) is 37.3 Å². The van der Waals surface area contributed by atoms with E-state index < -0.39 is 0 Å². The van der Waals surface area contributed by atoms with Crippen LogP contribution in [0.15, 0.2) is 36.8 Å². The Balaban J connectivity index is 1.97. The predicted octanol–water partition coefficient (Wildman–Crippen LogP) is 1.86. The third-order valence-electron chi connectivity index (χ3n) is 3.22. The second-order valence-electron chi connectivity index (χ2n) is 4.67. The highest BCUT2D eigenvalue weighted by Gasteiger charge is 2.09. The molecule has 3 aromatic heterocycles. The van der Waals surface area contributed by atoms with Gasteiger partial charge >= 0.3 is 0 Å². The molecule has 0 aliphatic heterocycles. The van der Waals surface area contributed by atoms with Crippen LogP contribution in [0.1, 0.15) is 0 Å². The lowest BCUT2D eigenvalue weighted by molar-refractivity contribution is 0.210. The number of imidazole rings is 1. The van der Waals surface area contributed by atoms with E-state index in [1.807, 2.05) is 18.2 Å². The summed E-state index contributed by atoms with van der Waals surface area (Å²) >= 11 is 0. The van der Waals surface area contributed by atoms with Crippen molar-refractivity contribution in [1.82, 2.24) is 19.6 Å². The molecule has 0 bridgehead atoms. The number of nitrogens with zero attached hydrogens (tertiary/aromatic N) is 4. The SMILES string of the molecule is COCCNc1ccc2ncc(-c3cncc(OC)c3)n2n1. The summed E-state index contributed by atoms with van der Waals surface area (Å²) in [5.41, 5.74) is 2.53. The third-order valence-corrected chi connectivity index (χ3v) is 3.22. The Morgan fingerprint density at radius 3 is 2.91 bits per heavy atom. The number of nitrogens with one attached hydrogen (secondary N) is 1. The molecule has 0 aromatic carbocycles. The third kappa shape index (κ3) is 2.84. The van der Waals surface area contributed by atoms with Crippen LogP contribution in [-0.2, 0) is 4.74 Å². The normalized spacial score (nSPS) is 10.8. The van der Waals surface area contributed by atoms with Crippen LogP contribution in [0, 0.1) is 0 Å². The van der Waals surface area contributed by atoms with E-state index in [9.17, 15) is 0 Å². The fraction of sp³-hybridized carbons (Fsp3) is 0.267. The first-order valence-corrected chi connectivity index (χ1v) is 6.89. The van der Waals surface area contributed by atoms with Crippen LogP contribution < -0.4 is 10.1 Å². The highest BCUT2D eigenvalue weighted by molar-refractivity contribution is 5.64. The van der Waals surface area contributed by atoms with Gasteiger partial charge in [0.05, 0.1) is 31.8 Å². The Morgan fingerprint density at radius 2 is 2.09 bits per heavy atom. The molecule has 0 aliphatic carbocycles. The number of hydrogen-bond donors (Lipinski definition) is 1. The van der Waals surface area contributed by atoms with E-state index >= 15 is 0 Å². The summed E-state index contributed by atoms with van der Waals surface area (Å²) in [7, 11) is 3.29. The van der Waals surface area contributed by atoms with Gasteiger partial charge in [-0.2, -0.15) is 0 Å². The van der Waals surface area contributed by atoms with E-state index in [4.69, 9.17) is 9.47 Å². The molecule has 7 nitrogen and oxygen atoms in total. The summed E-state index contributed by atoms with van der Waals surface area (Å²) < 4.78 is 12.0. The van der Waals surface area contributed by atoms with Crippen molar-refractivity contribution < 1.29 is 9.47 Å². The smallest absolute Gasteiger partial charge is 0.154 e. The van der Waals surface area contributed by atoms with E-state index in [2.05, 4.69) is 20.4 Å². The van der Waals surface area contributed by atoms with Crippen molar-refractivity contribution in [1.29, 1.82) is 0 Å². The molecule has 0 radical (unpaired) electrons. The van der Waals surface area contributed by atoms with Crippen LogP contribution in [0.4, 0.5) is 5.82 Å². The molecule has 3 heterocycles. The fourth-order valence-electron chi connectivity index (χ4n) is 2.12. The van der Waals surface area contributed by atoms with Crippen LogP contribution in [-0.4, -0.2) is 47.0 Å². The number of ether oxygens (including phenoxy) is 2. The van der Waals surface area contributed by atoms with Crippen molar-refractivity contribution in [2.75, 3.05) is 32.7 Å². The van der Waals surface area contributed by atoms with Gasteiger partial charge in [0.2, 0.25) is 0 Å². The van der Waals surface area contributed by atoms with Gasteiger partial charge < -0.3 is 14.8 Å². The van der Waals surface area contributed by atoms with Gasteiger partial charge in [-0.3, -0.25) is 4.98 Å². The van der Waals surface area contributed by atoms with Crippen molar-refractivity contribution in [3.05, 3.63) is 36.8 Å². The number of methoxy groups -OCH3 is 2. The molecule has 0 spiro atoms. The zero-order valence-corrected chi connectivity index (χ0v) is 12.5. The zero-order chi connectivity index (χ0) is 15.4. The van der Waals surface area contributed by atoms with E-state index in [0.717, 1.165) is 22.7 Å². The van der Waals surface area contributed by atoms with Gasteiger partial charge in [0.15, 0.2) is 5.65 Å². The second-order valence-corrected chi connectivity index (χ2v) is 4.67. The number of pyridine rings is 1. The molecule has 3 rings (SSSR count). The zero-order valence-electron chi connectivity index (χ0n) is 12.5. The maximum atomic E-state index is 5.22. The molecule has 0 amide bonds. The average Bonchev–Trinajstić information content (AvgIpc) is 2.98. The molecule has 0 aliphatic rings. The Labute approximate surface area is 127 Å². The lowest BCUT2D eigenvalue weighted by Crippen LogP contribution is -2.10. The number of rotatable bonds is 6. The van der Waals surface area contributed by atoms with Crippen LogP contribution in [0.5, 0.6) is 5.75 Å². The second kappa shape index (κ2) is 6.40. The Hall–Kier alpha value is -2.67. The van der Waals surface area contributed by atoms with Crippen LogP contribution in [0.2, 0.25) is 0 Å². The number of anilines is 1. The molecule has 22 heavy (non-hydrogen) atoms. The van der Waals surface area contributed by atoms with Gasteiger partial charge in [0.25, 0.3) is 0 Å². The minimum absolute atomic E-state index is 0.621. The van der Waals surface area contributed by atoms with E-state index in [-0.39, 0.29) is 0 Å². The fourth-order valence-corrected chi connectivity index (χ4v) is 2.12. The first kappa shape index (κ1) is 14.3. The molecule has 0 atom stereocenters. The molecular weight excluding hydrogens is 282 g/mol. The van der Waals surface area contributed by atoms with Crippen molar-refractivity contribution in [3.8, 4) is 17.0 Å². The topological polar surface area (TPSA) is 73.6 Å². The minimum atomic E-state index is 0.621. The van der Waals surface area contributed by atoms with Crippen LogP contribution in [0.25, 0.3) is 16.9 Å². The number of aromatic nitrogens is 4. The Bertz CT molecular complexity index is 771. The molecule has 0 fully saturated rings. The van der Waals surface area contributed by atoms with Gasteiger partial charge in [-0.25, -0.2) is 9.50 Å². The maximum Gasteiger partial charge on any atom is 0.154 e. The summed E-state index contributed by atoms with van der Waals surface area (Å²) in [6.07, 6.45) is 5.20. The summed E-state index contributed by atoms with van der Waals surface area (Å²) in [5.74, 6) is 1.46. The first-order valence-electron chi connectivity index (χ1n) is 6.89. The number of hydrogen-bond acceptors (Lipinski definition) is 6. The summed E-state index contributed by atoms with van der Waals surface area (Å²) in [5, 5.41) is 7.76. The molecule has 0 unspecified atom stereocenters. The van der Waals surface area contributed by atoms with Crippen molar-refractivity contribution in [2.24, 2.45) is 0 Å².